The maximum atomic E-state index is 12.0. The summed E-state index contributed by atoms with van der Waals surface area (Å²) in [7, 11) is -0.210. The number of likely N-dealkylation sites (tertiary alicyclic amines) is 1. The number of hydrogen-bond donors (Lipinski definition) is 1. The van der Waals surface area contributed by atoms with Gasteiger partial charge < -0.3 is 5.11 Å². The number of aryl methyl sites for hydroxylation is 1. The summed E-state index contributed by atoms with van der Waals surface area (Å²) in [6, 6.07) is 8.29. The van der Waals surface area contributed by atoms with E-state index in [2.05, 4.69) is 24.0 Å². The smallest absolute Gasteiger partial charge is 0.214 e. The third-order valence-corrected chi connectivity index (χ3v) is 6.32. The quantitative estimate of drug-likeness (QED) is 0.845. The van der Waals surface area contributed by atoms with Gasteiger partial charge in [0.05, 0.1) is 11.9 Å². The van der Waals surface area contributed by atoms with E-state index in [0.29, 0.717) is 13.1 Å². The number of hydrogen-bond acceptors (Lipinski definition) is 4. The van der Waals surface area contributed by atoms with Gasteiger partial charge in [-0.25, -0.2) is 12.7 Å². The van der Waals surface area contributed by atoms with E-state index in [1.807, 2.05) is 12.1 Å². The van der Waals surface area contributed by atoms with Crippen LogP contribution in [0, 0.1) is 5.92 Å². The van der Waals surface area contributed by atoms with Gasteiger partial charge in [0.15, 0.2) is 0 Å². The second kappa shape index (κ2) is 7.08. The van der Waals surface area contributed by atoms with E-state index in [1.54, 1.807) is 0 Å². The molecule has 1 fully saturated rings. The molecular weight excluding hydrogens is 300 g/mol. The number of rotatable bonds is 6. The largest absolute Gasteiger partial charge is 0.391 e. The molecule has 0 saturated carbocycles. The van der Waals surface area contributed by atoms with E-state index in [0.717, 1.165) is 13.0 Å². The Morgan fingerprint density at radius 3 is 2.45 bits per heavy atom. The molecule has 1 aromatic rings. The van der Waals surface area contributed by atoms with E-state index in [-0.39, 0.29) is 11.7 Å². The maximum Gasteiger partial charge on any atom is 0.214 e. The van der Waals surface area contributed by atoms with E-state index < -0.39 is 16.1 Å². The van der Waals surface area contributed by atoms with Gasteiger partial charge >= 0.3 is 0 Å². The second-order valence-electron chi connectivity index (χ2n) is 6.20. The zero-order chi connectivity index (χ0) is 16.3. The zero-order valence-electron chi connectivity index (χ0n) is 13.6. The van der Waals surface area contributed by atoms with Crippen LogP contribution in [0.15, 0.2) is 24.3 Å². The minimum absolute atomic E-state index is 0.00703. The lowest BCUT2D eigenvalue weighted by Gasteiger charge is -2.19. The molecule has 1 saturated heterocycles. The van der Waals surface area contributed by atoms with Crippen LogP contribution < -0.4 is 0 Å². The van der Waals surface area contributed by atoms with Crippen LogP contribution in [0.2, 0.25) is 0 Å². The number of aliphatic hydroxyl groups is 1. The SMILES string of the molecule is CCc1ccccc1CN1C[C@@H](CS(=O)(=O)N(C)C)[C@@H](O)C1. The summed E-state index contributed by atoms with van der Waals surface area (Å²) in [6.45, 7) is 4.04. The van der Waals surface area contributed by atoms with Crippen molar-refractivity contribution in [1.29, 1.82) is 0 Å². The number of aliphatic hydroxyl groups excluding tert-OH is 1. The van der Waals surface area contributed by atoms with Crippen molar-refractivity contribution in [1.82, 2.24) is 9.21 Å². The number of benzene rings is 1. The minimum Gasteiger partial charge on any atom is -0.391 e. The molecule has 0 spiro atoms. The first-order valence-corrected chi connectivity index (χ1v) is 9.31. The Labute approximate surface area is 133 Å². The highest BCUT2D eigenvalue weighted by atomic mass is 32.2. The topological polar surface area (TPSA) is 60.9 Å². The molecule has 22 heavy (non-hydrogen) atoms. The molecule has 1 aliphatic heterocycles. The number of sulfonamides is 1. The number of nitrogens with zero attached hydrogens (tertiary/aromatic N) is 2. The van der Waals surface area contributed by atoms with Crippen molar-refractivity contribution in [2.75, 3.05) is 32.9 Å². The van der Waals surface area contributed by atoms with Gasteiger partial charge in [-0.2, -0.15) is 0 Å². The highest BCUT2D eigenvalue weighted by Gasteiger charge is 2.35. The van der Waals surface area contributed by atoms with Gasteiger partial charge in [0.2, 0.25) is 10.0 Å². The number of β-amino-alcohol motifs (C(OH)–C–C–N with tert-alkyl or cyclic N) is 1. The highest BCUT2D eigenvalue weighted by molar-refractivity contribution is 7.89. The van der Waals surface area contributed by atoms with Crippen LogP contribution in [0.5, 0.6) is 0 Å². The summed E-state index contributed by atoms with van der Waals surface area (Å²) >= 11 is 0. The van der Waals surface area contributed by atoms with Crippen LogP contribution in [0.25, 0.3) is 0 Å². The van der Waals surface area contributed by atoms with Gasteiger partial charge in [-0.15, -0.1) is 0 Å². The van der Waals surface area contributed by atoms with E-state index in [1.165, 1.54) is 29.5 Å². The molecular formula is C16H26N2O3S. The van der Waals surface area contributed by atoms with Crippen LogP contribution in [0.1, 0.15) is 18.1 Å². The average Bonchev–Trinajstić information content (AvgIpc) is 2.78. The molecule has 1 aliphatic rings. The molecule has 6 heteroatoms. The molecule has 1 heterocycles. The molecule has 0 unspecified atom stereocenters. The van der Waals surface area contributed by atoms with Gasteiger partial charge in [-0.05, 0) is 17.5 Å². The molecule has 2 atom stereocenters. The zero-order valence-corrected chi connectivity index (χ0v) is 14.4. The Morgan fingerprint density at radius 2 is 1.86 bits per heavy atom. The molecule has 1 aromatic carbocycles. The summed E-state index contributed by atoms with van der Waals surface area (Å²) in [5.74, 6) is -0.214. The Balaban J connectivity index is 2.02. The van der Waals surface area contributed by atoms with Gasteiger partial charge in [-0.3, -0.25) is 4.90 Å². The Bertz CT molecular complexity index is 601. The third kappa shape index (κ3) is 4.07. The van der Waals surface area contributed by atoms with Gasteiger partial charge in [0, 0.05) is 39.6 Å². The molecule has 2 rings (SSSR count). The fourth-order valence-corrected chi connectivity index (χ4v) is 4.12. The molecule has 124 valence electrons. The molecule has 5 nitrogen and oxygen atoms in total. The summed E-state index contributed by atoms with van der Waals surface area (Å²) in [4.78, 5) is 2.15. The fourth-order valence-electron chi connectivity index (χ4n) is 2.95. The van der Waals surface area contributed by atoms with Crippen molar-refractivity contribution in [3.63, 3.8) is 0 Å². The lowest BCUT2D eigenvalue weighted by molar-refractivity contribution is 0.148. The predicted molar refractivity (Wildman–Crippen MR) is 88.1 cm³/mol. The molecule has 0 aromatic heterocycles. The summed E-state index contributed by atoms with van der Waals surface area (Å²) in [5, 5.41) is 10.2. The Kier molecular flexibility index (Phi) is 5.60. The monoisotopic (exact) mass is 326 g/mol. The van der Waals surface area contributed by atoms with Crippen molar-refractivity contribution in [3.8, 4) is 0 Å². The summed E-state index contributed by atoms with van der Waals surface area (Å²) in [6.07, 6.45) is 0.397. The normalized spacial score (nSPS) is 23.3. The second-order valence-corrected chi connectivity index (χ2v) is 8.43. The van der Waals surface area contributed by atoms with Gasteiger partial charge in [0.1, 0.15) is 0 Å². The predicted octanol–water partition coefficient (Wildman–Crippen LogP) is 0.933. The molecule has 0 amide bonds. The van der Waals surface area contributed by atoms with Crippen molar-refractivity contribution < 1.29 is 13.5 Å². The van der Waals surface area contributed by atoms with Crippen LogP contribution in [-0.4, -0.2) is 61.8 Å². The fraction of sp³-hybridized carbons (Fsp3) is 0.625. The van der Waals surface area contributed by atoms with Crippen molar-refractivity contribution in [2.24, 2.45) is 5.92 Å². The van der Waals surface area contributed by atoms with Crippen molar-refractivity contribution in [2.45, 2.75) is 26.0 Å². The first kappa shape index (κ1) is 17.4. The van der Waals surface area contributed by atoms with E-state index in [9.17, 15) is 13.5 Å². The lowest BCUT2D eigenvalue weighted by atomic mass is 10.1. The lowest BCUT2D eigenvalue weighted by Crippen LogP contribution is -2.33. The Hall–Kier alpha value is -0.950. The standard InChI is InChI=1S/C16H26N2O3S/c1-4-13-7-5-6-8-14(13)9-18-10-15(16(19)11-18)12-22(20,21)17(2)3/h5-8,15-16,19H,4,9-12H2,1-3H3/t15-,16-/m0/s1. The van der Waals surface area contributed by atoms with Crippen molar-refractivity contribution >= 4 is 10.0 Å². The highest BCUT2D eigenvalue weighted by Crippen LogP contribution is 2.23. The third-order valence-electron chi connectivity index (χ3n) is 4.36. The minimum atomic E-state index is -3.28. The van der Waals surface area contributed by atoms with Crippen molar-refractivity contribution in [3.05, 3.63) is 35.4 Å². The molecule has 0 bridgehead atoms. The van der Waals surface area contributed by atoms with Crippen LogP contribution >= 0.6 is 0 Å². The summed E-state index contributed by atoms with van der Waals surface area (Å²) < 4.78 is 25.2. The van der Waals surface area contributed by atoms with E-state index in [4.69, 9.17) is 0 Å². The Morgan fingerprint density at radius 1 is 1.23 bits per heavy atom. The molecule has 0 radical (unpaired) electrons. The first-order valence-electron chi connectivity index (χ1n) is 7.71. The van der Waals surface area contributed by atoms with Gasteiger partial charge in [-0.1, -0.05) is 31.2 Å². The van der Waals surface area contributed by atoms with Crippen LogP contribution in [0.3, 0.4) is 0 Å². The van der Waals surface area contributed by atoms with Crippen LogP contribution in [-0.2, 0) is 23.0 Å². The van der Waals surface area contributed by atoms with Crippen LogP contribution in [0.4, 0.5) is 0 Å². The summed E-state index contributed by atoms with van der Waals surface area (Å²) in [5.41, 5.74) is 2.56. The average molecular weight is 326 g/mol. The molecule has 1 N–H and O–H groups in total. The first-order chi connectivity index (χ1) is 10.3. The van der Waals surface area contributed by atoms with E-state index >= 15 is 0 Å². The van der Waals surface area contributed by atoms with Gasteiger partial charge in [0.25, 0.3) is 0 Å². The maximum absolute atomic E-state index is 12.0. The molecule has 0 aliphatic carbocycles.